The normalized spacial score (nSPS) is 18.5. The monoisotopic (exact) mass is 426 g/mol. The highest BCUT2D eigenvalue weighted by molar-refractivity contribution is 5.91. The number of methoxy groups -OCH3 is 1. The molecule has 31 heavy (non-hydrogen) atoms. The van der Waals surface area contributed by atoms with E-state index >= 15 is 0 Å². The minimum absolute atomic E-state index is 0.0730. The van der Waals surface area contributed by atoms with Crippen LogP contribution in [0.3, 0.4) is 0 Å². The van der Waals surface area contributed by atoms with Gasteiger partial charge in [-0.05, 0) is 76.1 Å². The number of amides is 1. The third-order valence-electron chi connectivity index (χ3n) is 6.33. The van der Waals surface area contributed by atoms with Gasteiger partial charge in [0.1, 0.15) is 5.75 Å². The third-order valence-corrected chi connectivity index (χ3v) is 6.33. The predicted octanol–water partition coefficient (Wildman–Crippen LogP) is 4.41. The van der Waals surface area contributed by atoms with Gasteiger partial charge in [-0.25, -0.2) is 4.79 Å². The lowest BCUT2D eigenvalue weighted by Crippen LogP contribution is -2.33. The molecule has 1 fully saturated rings. The van der Waals surface area contributed by atoms with Crippen molar-refractivity contribution >= 4 is 11.9 Å². The van der Waals surface area contributed by atoms with Crippen molar-refractivity contribution in [3.8, 4) is 5.75 Å². The highest BCUT2D eigenvalue weighted by Crippen LogP contribution is 2.31. The van der Waals surface area contributed by atoms with E-state index in [2.05, 4.69) is 9.88 Å². The van der Waals surface area contributed by atoms with E-state index in [0.717, 1.165) is 54.9 Å². The molecule has 1 N–H and O–H groups in total. The van der Waals surface area contributed by atoms with E-state index in [0.29, 0.717) is 24.6 Å². The molecule has 2 aromatic rings. The number of benzene rings is 1. The van der Waals surface area contributed by atoms with E-state index in [-0.39, 0.29) is 17.8 Å². The van der Waals surface area contributed by atoms with E-state index in [1.807, 2.05) is 51.1 Å². The molecule has 1 aliphatic carbocycles. The molecule has 1 aliphatic rings. The highest BCUT2D eigenvalue weighted by Gasteiger charge is 2.27. The number of rotatable bonds is 8. The van der Waals surface area contributed by atoms with Gasteiger partial charge in [0.2, 0.25) is 5.91 Å². The Morgan fingerprint density at radius 3 is 2.55 bits per heavy atom. The molecule has 1 saturated carbocycles. The second-order valence-corrected chi connectivity index (χ2v) is 8.40. The number of esters is 1. The van der Waals surface area contributed by atoms with Gasteiger partial charge < -0.3 is 19.4 Å². The summed E-state index contributed by atoms with van der Waals surface area (Å²) in [7, 11) is 1.64. The van der Waals surface area contributed by atoms with E-state index in [4.69, 9.17) is 9.47 Å². The summed E-state index contributed by atoms with van der Waals surface area (Å²) in [5.41, 5.74) is 3.75. The van der Waals surface area contributed by atoms with Crippen LogP contribution in [0.4, 0.5) is 0 Å². The Morgan fingerprint density at radius 2 is 1.87 bits per heavy atom. The van der Waals surface area contributed by atoms with Gasteiger partial charge in [0.25, 0.3) is 0 Å². The largest absolute Gasteiger partial charge is 0.497 e. The zero-order valence-corrected chi connectivity index (χ0v) is 19.1. The average molecular weight is 427 g/mol. The van der Waals surface area contributed by atoms with Gasteiger partial charge in [-0.1, -0.05) is 12.1 Å². The minimum atomic E-state index is -0.252. The fraction of sp³-hybridized carbons (Fsp3) is 0.520. The molecule has 1 heterocycles. The first kappa shape index (κ1) is 22.9. The lowest BCUT2D eigenvalue weighted by atomic mass is 9.81. The van der Waals surface area contributed by atoms with Crippen LogP contribution in [0.5, 0.6) is 5.75 Å². The highest BCUT2D eigenvalue weighted by atomic mass is 16.5. The van der Waals surface area contributed by atoms with Crippen LogP contribution >= 0.6 is 0 Å². The second-order valence-electron chi connectivity index (χ2n) is 8.40. The SMILES string of the molecule is CCOC(=O)c1cc(C)n(CC2CCC(C(=O)NCc3cccc(OC)c3)CC2)c1C. The lowest BCUT2D eigenvalue weighted by Gasteiger charge is -2.29. The zero-order valence-electron chi connectivity index (χ0n) is 19.1. The van der Waals surface area contributed by atoms with Crippen LogP contribution in [-0.2, 0) is 22.6 Å². The van der Waals surface area contributed by atoms with Crippen molar-refractivity contribution in [2.24, 2.45) is 11.8 Å². The van der Waals surface area contributed by atoms with Gasteiger partial charge in [-0.2, -0.15) is 0 Å². The van der Waals surface area contributed by atoms with Crippen molar-refractivity contribution in [2.75, 3.05) is 13.7 Å². The molecule has 168 valence electrons. The smallest absolute Gasteiger partial charge is 0.339 e. The van der Waals surface area contributed by atoms with Gasteiger partial charge in [-0.15, -0.1) is 0 Å². The summed E-state index contributed by atoms with van der Waals surface area (Å²) >= 11 is 0. The van der Waals surface area contributed by atoms with E-state index in [1.54, 1.807) is 7.11 Å². The fourth-order valence-corrected chi connectivity index (χ4v) is 4.48. The number of nitrogens with one attached hydrogen (secondary N) is 1. The maximum absolute atomic E-state index is 12.6. The number of aryl methyl sites for hydroxylation is 1. The van der Waals surface area contributed by atoms with Crippen LogP contribution in [0.15, 0.2) is 30.3 Å². The van der Waals surface area contributed by atoms with Crippen LogP contribution in [-0.4, -0.2) is 30.2 Å². The zero-order chi connectivity index (χ0) is 22.4. The predicted molar refractivity (Wildman–Crippen MR) is 120 cm³/mol. The van der Waals surface area contributed by atoms with Crippen molar-refractivity contribution in [3.63, 3.8) is 0 Å². The maximum atomic E-state index is 12.6. The van der Waals surface area contributed by atoms with Crippen molar-refractivity contribution in [2.45, 2.75) is 59.5 Å². The molecule has 6 nitrogen and oxygen atoms in total. The lowest BCUT2D eigenvalue weighted by molar-refractivity contribution is -0.126. The van der Waals surface area contributed by atoms with Gasteiger partial charge in [0, 0.05) is 30.4 Å². The molecule has 0 aliphatic heterocycles. The van der Waals surface area contributed by atoms with Gasteiger partial charge in [-0.3, -0.25) is 4.79 Å². The Hall–Kier alpha value is -2.76. The molecule has 0 saturated heterocycles. The van der Waals surface area contributed by atoms with Crippen molar-refractivity contribution in [3.05, 3.63) is 52.8 Å². The number of hydrogen-bond donors (Lipinski definition) is 1. The Kier molecular flexibility index (Phi) is 7.77. The molecule has 0 radical (unpaired) electrons. The fourth-order valence-electron chi connectivity index (χ4n) is 4.48. The first-order valence-electron chi connectivity index (χ1n) is 11.2. The van der Waals surface area contributed by atoms with Gasteiger partial charge >= 0.3 is 5.97 Å². The van der Waals surface area contributed by atoms with Gasteiger partial charge in [0.15, 0.2) is 0 Å². The summed E-state index contributed by atoms with van der Waals surface area (Å²) in [6.07, 6.45) is 3.84. The Morgan fingerprint density at radius 1 is 1.13 bits per heavy atom. The molecule has 0 spiro atoms. The van der Waals surface area contributed by atoms with Crippen molar-refractivity contribution in [1.82, 2.24) is 9.88 Å². The van der Waals surface area contributed by atoms with Gasteiger partial charge in [0.05, 0.1) is 19.3 Å². The summed E-state index contributed by atoms with van der Waals surface area (Å²) in [6.45, 7) is 7.63. The molecule has 0 bridgehead atoms. The number of carbonyl (C=O) groups excluding carboxylic acids is 2. The molecular formula is C25H34N2O4. The first-order valence-corrected chi connectivity index (χ1v) is 11.2. The van der Waals surface area contributed by atoms with Crippen LogP contribution < -0.4 is 10.1 Å². The Balaban J connectivity index is 1.50. The van der Waals surface area contributed by atoms with E-state index < -0.39 is 0 Å². The minimum Gasteiger partial charge on any atom is -0.497 e. The number of carbonyl (C=O) groups is 2. The molecule has 1 amide bonds. The van der Waals surface area contributed by atoms with Crippen LogP contribution in [0.1, 0.15) is 59.9 Å². The number of aromatic nitrogens is 1. The standard InChI is InChI=1S/C25H34N2O4/c1-5-31-25(29)23-13-17(2)27(18(23)3)16-19-9-11-21(12-10-19)24(28)26-15-20-7-6-8-22(14-20)30-4/h6-8,13-14,19,21H,5,9-12,15-16H2,1-4H3,(H,26,28). The first-order chi connectivity index (χ1) is 14.9. The van der Waals surface area contributed by atoms with Crippen LogP contribution in [0.2, 0.25) is 0 Å². The van der Waals surface area contributed by atoms with Crippen LogP contribution in [0, 0.1) is 25.7 Å². The van der Waals surface area contributed by atoms with Crippen LogP contribution in [0.25, 0.3) is 0 Å². The number of nitrogens with zero attached hydrogens (tertiary/aromatic N) is 1. The van der Waals surface area contributed by atoms with E-state index in [1.165, 1.54) is 0 Å². The number of ether oxygens (including phenoxy) is 2. The Bertz CT molecular complexity index is 910. The summed E-state index contributed by atoms with van der Waals surface area (Å²) in [5, 5.41) is 3.08. The maximum Gasteiger partial charge on any atom is 0.339 e. The molecule has 1 aromatic heterocycles. The van der Waals surface area contributed by atoms with E-state index in [9.17, 15) is 9.59 Å². The molecule has 1 aromatic carbocycles. The molecule has 0 atom stereocenters. The number of hydrogen-bond acceptors (Lipinski definition) is 4. The summed E-state index contributed by atoms with van der Waals surface area (Å²) in [5.74, 6) is 1.28. The average Bonchev–Trinajstić information content (AvgIpc) is 3.06. The quantitative estimate of drug-likeness (QED) is 0.635. The molecular weight excluding hydrogens is 392 g/mol. The molecule has 6 heteroatoms. The van der Waals surface area contributed by atoms with Crippen molar-refractivity contribution < 1.29 is 19.1 Å². The topological polar surface area (TPSA) is 69.6 Å². The molecule has 0 unspecified atom stereocenters. The summed E-state index contributed by atoms with van der Waals surface area (Å²) in [4.78, 5) is 24.8. The summed E-state index contributed by atoms with van der Waals surface area (Å²) < 4.78 is 12.6. The second kappa shape index (κ2) is 10.5. The Labute approximate surface area is 184 Å². The summed E-state index contributed by atoms with van der Waals surface area (Å²) in [6, 6.07) is 9.70. The molecule has 3 rings (SSSR count). The van der Waals surface area contributed by atoms with Crippen molar-refractivity contribution in [1.29, 1.82) is 0 Å². The third kappa shape index (κ3) is 5.69.